The fourth-order valence-electron chi connectivity index (χ4n) is 7.04. The second-order valence-electron chi connectivity index (χ2n) is 13.2. The maximum atomic E-state index is 5.19. The quantitative estimate of drug-likeness (QED) is 0.185. The highest BCUT2D eigenvalue weighted by atomic mass is 14.9. The second-order valence-corrected chi connectivity index (χ2v) is 13.2. The molecule has 1 atom stereocenters. The van der Waals surface area contributed by atoms with Crippen LogP contribution in [-0.2, 0) is 0 Å². The number of allylic oxidation sites excluding steroid dienone is 2. The normalized spacial score (nSPS) is 13.9. The lowest BCUT2D eigenvalue weighted by atomic mass is 9.93. The van der Waals surface area contributed by atoms with E-state index in [0.29, 0.717) is 0 Å². The summed E-state index contributed by atoms with van der Waals surface area (Å²) in [7, 11) is 0. The van der Waals surface area contributed by atoms with Crippen LogP contribution in [0.4, 0.5) is 5.69 Å². The molecule has 236 valence electrons. The molecule has 2 heterocycles. The van der Waals surface area contributed by atoms with E-state index < -0.39 is 0 Å². The molecule has 2 nitrogen and oxygen atoms in total. The van der Waals surface area contributed by atoms with Gasteiger partial charge >= 0.3 is 0 Å². The standard InChI is InChI=1S/C47H38N2/c1-30-26-31(2)28-42(27-30)45-25-23-40-20-19-39-22-24-44(48-46(39)47(40)49-45)38-17-13-36(14-18-38)41-21-16-37-15-12-35(33(4)43(37)29-41)11-10-32(3)34-8-6-5-7-9-34/h5-29,44,48H,3H2,1-2,4H3/b11-10-. The summed E-state index contributed by atoms with van der Waals surface area (Å²) >= 11 is 0. The average Bonchev–Trinajstić information content (AvgIpc) is 3.14. The highest BCUT2D eigenvalue weighted by Gasteiger charge is 2.18. The fraction of sp³-hybridized carbons (Fsp3) is 0.0851. The number of fused-ring (bicyclic) bond motifs is 4. The van der Waals surface area contributed by atoms with E-state index in [4.69, 9.17) is 4.98 Å². The van der Waals surface area contributed by atoms with Gasteiger partial charge in [0.1, 0.15) is 0 Å². The first-order valence-electron chi connectivity index (χ1n) is 16.9. The minimum atomic E-state index is 0.0534. The summed E-state index contributed by atoms with van der Waals surface area (Å²) in [4.78, 5) is 5.19. The first-order chi connectivity index (χ1) is 23.9. The smallest absolute Gasteiger partial charge is 0.0947 e. The summed E-state index contributed by atoms with van der Waals surface area (Å²) < 4.78 is 0. The van der Waals surface area contributed by atoms with Crippen molar-refractivity contribution in [1.29, 1.82) is 0 Å². The summed E-state index contributed by atoms with van der Waals surface area (Å²) in [6.07, 6.45) is 8.76. The molecule has 8 rings (SSSR count). The Bertz CT molecular complexity index is 2430. The summed E-state index contributed by atoms with van der Waals surface area (Å²) in [5.74, 6) is 0. The molecule has 2 heteroatoms. The number of hydrogen-bond donors (Lipinski definition) is 1. The van der Waals surface area contributed by atoms with E-state index >= 15 is 0 Å². The van der Waals surface area contributed by atoms with Gasteiger partial charge in [0.05, 0.1) is 22.9 Å². The lowest BCUT2D eigenvalue weighted by molar-refractivity contribution is 0.981. The molecule has 0 spiro atoms. The van der Waals surface area contributed by atoms with Crippen LogP contribution in [0.3, 0.4) is 0 Å². The summed E-state index contributed by atoms with van der Waals surface area (Å²) in [6.45, 7) is 10.8. The van der Waals surface area contributed by atoms with Gasteiger partial charge in [-0.05, 0) is 100 Å². The molecule has 6 aromatic carbocycles. The van der Waals surface area contributed by atoms with Gasteiger partial charge in [-0.3, -0.25) is 0 Å². The van der Waals surface area contributed by atoms with Crippen LogP contribution < -0.4 is 5.32 Å². The van der Waals surface area contributed by atoms with Gasteiger partial charge in [0.15, 0.2) is 0 Å². The Morgan fingerprint density at radius 1 is 0.694 bits per heavy atom. The number of pyridine rings is 1. The van der Waals surface area contributed by atoms with Gasteiger partial charge in [-0.1, -0.05) is 145 Å². The van der Waals surface area contributed by atoms with Crippen molar-refractivity contribution in [3.63, 3.8) is 0 Å². The number of benzene rings is 6. The molecule has 0 bridgehead atoms. The third-order valence-corrected chi connectivity index (χ3v) is 9.72. The molecule has 0 radical (unpaired) electrons. The number of anilines is 1. The third kappa shape index (κ3) is 5.98. The van der Waals surface area contributed by atoms with E-state index in [1.165, 1.54) is 49.7 Å². The zero-order valence-electron chi connectivity index (χ0n) is 28.2. The Kier molecular flexibility index (Phi) is 7.78. The Balaban J connectivity index is 1.06. The van der Waals surface area contributed by atoms with Crippen molar-refractivity contribution < 1.29 is 0 Å². The SMILES string of the molecule is C=C(/C=C\c1ccc2ccc(-c3ccc(C4C=Cc5ccc6ccc(-c7cc(C)cc(C)c7)nc6c5N4)cc3)cc2c1C)c1ccccc1. The molecule has 1 aliphatic rings. The molecule has 0 amide bonds. The number of aryl methyl sites for hydroxylation is 3. The molecule has 0 saturated heterocycles. The van der Waals surface area contributed by atoms with Crippen LogP contribution in [0.25, 0.3) is 61.8 Å². The van der Waals surface area contributed by atoms with Gasteiger partial charge in [0, 0.05) is 10.9 Å². The molecule has 0 fully saturated rings. The minimum absolute atomic E-state index is 0.0534. The molecule has 1 N–H and O–H groups in total. The maximum absolute atomic E-state index is 5.19. The zero-order valence-corrected chi connectivity index (χ0v) is 28.2. The monoisotopic (exact) mass is 630 g/mol. The minimum Gasteiger partial charge on any atom is -0.372 e. The molecular weight excluding hydrogens is 593 g/mol. The number of aromatic nitrogens is 1. The highest BCUT2D eigenvalue weighted by molar-refractivity contribution is 5.98. The predicted molar refractivity (Wildman–Crippen MR) is 211 cm³/mol. The Labute approximate surface area is 288 Å². The maximum Gasteiger partial charge on any atom is 0.0947 e. The topological polar surface area (TPSA) is 24.9 Å². The fourth-order valence-corrected chi connectivity index (χ4v) is 7.04. The van der Waals surface area contributed by atoms with E-state index in [2.05, 4.69) is 166 Å². The summed E-state index contributed by atoms with van der Waals surface area (Å²) in [5, 5.41) is 7.47. The Hall–Kier alpha value is -5.99. The van der Waals surface area contributed by atoms with Gasteiger partial charge in [-0.2, -0.15) is 0 Å². The summed E-state index contributed by atoms with van der Waals surface area (Å²) in [5.41, 5.74) is 16.1. The van der Waals surface area contributed by atoms with Crippen LogP contribution >= 0.6 is 0 Å². The molecule has 1 aliphatic heterocycles. The van der Waals surface area contributed by atoms with E-state index in [9.17, 15) is 0 Å². The van der Waals surface area contributed by atoms with E-state index in [-0.39, 0.29) is 6.04 Å². The van der Waals surface area contributed by atoms with Gasteiger partial charge in [0.2, 0.25) is 0 Å². The van der Waals surface area contributed by atoms with Crippen LogP contribution in [0.1, 0.15) is 45.0 Å². The molecule has 0 saturated carbocycles. The van der Waals surface area contributed by atoms with E-state index in [1.807, 2.05) is 18.2 Å². The zero-order chi connectivity index (χ0) is 33.5. The van der Waals surface area contributed by atoms with Crippen LogP contribution in [0.15, 0.2) is 146 Å². The van der Waals surface area contributed by atoms with Crippen molar-refractivity contribution in [2.75, 3.05) is 5.32 Å². The molecule has 49 heavy (non-hydrogen) atoms. The number of nitrogens with zero attached hydrogens (tertiary/aromatic N) is 1. The van der Waals surface area contributed by atoms with Gasteiger partial charge in [0.25, 0.3) is 0 Å². The lowest BCUT2D eigenvalue weighted by Crippen LogP contribution is -2.13. The largest absolute Gasteiger partial charge is 0.372 e. The predicted octanol–water partition coefficient (Wildman–Crippen LogP) is 12.6. The molecule has 0 aliphatic carbocycles. The number of nitrogens with one attached hydrogen (secondary N) is 1. The van der Waals surface area contributed by atoms with Crippen molar-refractivity contribution in [3.05, 3.63) is 185 Å². The molecule has 7 aromatic rings. The van der Waals surface area contributed by atoms with Crippen molar-refractivity contribution in [1.82, 2.24) is 4.98 Å². The summed E-state index contributed by atoms with van der Waals surface area (Å²) in [6, 6.07) is 45.8. The van der Waals surface area contributed by atoms with Crippen molar-refractivity contribution in [2.24, 2.45) is 0 Å². The number of rotatable bonds is 6. The molecule has 1 aromatic heterocycles. The average molecular weight is 631 g/mol. The second kappa shape index (κ2) is 12.6. The highest BCUT2D eigenvalue weighted by Crippen LogP contribution is 2.37. The van der Waals surface area contributed by atoms with Gasteiger partial charge in [-0.15, -0.1) is 0 Å². The Morgan fingerprint density at radius 2 is 1.41 bits per heavy atom. The van der Waals surface area contributed by atoms with Gasteiger partial charge in [-0.25, -0.2) is 4.98 Å². The van der Waals surface area contributed by atoms with E-state index in [1.54, 1.807) is 0 Å². The van der Waals surface area contributed by atoms with E-state index in [0.717, 1.165) is 44.5 Å². The first-order valence-corrected chi connectivity index (χ1v) is 16.9. The van der Waals surface area contributed by atoms with Crippen molar-refractivity contribution >= 4 is 45.1 Å². The van der Waals surface area contributed by atoms with Crippen LogP contribution in [0, 0.1) is 20.8 Å². The third-order valence-electron chi connectivity index (χ3n) is 9.72. The van der Waals surface area contributed by atoms with Crippen molar-refractivity contribution in [3.8, 4) is 22.4 Å². The van der Waals surface area contributed by atoms with Crippen LogP contribution in [0.5, 0.6) is 0 Å². The Morgan fingerprint density at radius 3 is 2.20 bits per heavy atom. The lowest BCUT2D eigenvalue weighted by Gasteiger charge is -2.24. The van der Waals surface area contributed by atoms with Crippen LogP contribution in [0.2, 0.25) is 0 Å². The number of hydrogen-bond acceptors (Lipinski definition) is 2. The van der Waals surface area contributed by atoms with Crippen molar-refractivity contribution in [2.45, 2.75) is 26.8 Å². The van der Waals surface area contributed by atoms with Gasteiger partial charge < -0.3 is 5.32 Å². The first kappa shape index (κ1) is 30.4. The molecule has 1 unspecified atom stereocenters. The molecular formula is C47H38N2. The van der Waals surface area contributed by atoms with Crippen LogP contribution in [-0.4, -0.2) is 4.98 Å².